The molecule has 3 rings (SSSR count). The largest absolute Gasteiger partial charge is 0.484 e. The Bertz CT molecular complexity index is 622. The minimum atomic E-state index is -0.948. The summed E-state index contributed by atoms with van der Waals surface area (Å²) in [5.74, 6) is -0.586. The first-order valence-electron chi connectivity index (χ1n) is 8.41. The van der Waals surface area contributed by atoms with Gasteiger partial charge in [-0.1, -0.05) is 6.07 Å². The number of aliphatic carboxylic acids is 1. The molecule has 1 aromatic rings. The minimum absolute atomic E-state index is 0.125. The number of hydrogen-bond acceptors (Lipinski definition) is 4. The van der Waals surface area contributed by atoms with Gasteiger partial charge in [-0.05, 0) is 55.4 Å². The average molecular weight is 333 g/mol. The van der Waals surface area contributed by atoms with Crippen LogP contribution in [0.5, 0.6) is 5.75 Å². The quantitative estimate of drug-likeness (QED) is 0.827. The summed E-state index contributed by atoms with van der Waals surface area (Å²) in [6.45, 7) is 0.559. The lowest BCUT2D eigenvalue weighted by atomic mass is 9.92. The Balaban J connectivity index is 1.56. The summed E-state index contributed by atoms with van der Waals surface area (Å²) in [4.78, 5) is 23.2. The summed E-state index contributed by atoms with van der Waals surface area (Å²) in [5, 5.41) is 11.8. The third-order valence-corrected chi connectivity index (χ3v) is 4.69. The third-order valence-electron chi connectivity index (χ3n) is 4.69. The molecular weight excluding hydrogens is 310 g/mol. The van der Waals surface area contributed by atoms with Crippen molar-refractivity contribution in [3.8, 4) is 5.75 Å². The number of hydrogen-bond donors (Lipinski definition) is 2. The number of ether oxygens (including phenoxy) is 2. The van der Waals surface area contributed by atoms with Crippen LogP contribution >= 0.6 is 0 Å². The van der Waals surface area contributed by atoms with Crippen LogP contribution in [-0.2, 0) is 27.2 Å². The third kappa shape index (κ3) is 4.06. The van der Waals surface area contributed by atoms with Crippen LogP contribution in [0.1, 0.15) is 36.8 Å². The lowest BCUT2D eigenvalue weighted by molar-refractivity contribution is -0.139. The lowest BCUT2D eigenvalue weighted by Crippen LogP contribution is -2.51. The molecule has 1 saturated heterocycles. The minimum Gasteiger partial charge on any atom is -0.484 e. The van der Waals surface area contributed by atoms with Gasteiger partial charge in [-0.3, -0.25) is 9.59 Å². The molecule has 6 nitrogen and oxygen atoms in total. The second kappa shape index (κ2) is 7.21. The molecule has 1 aliphatic heterocycles. The number of carboxylic acids is 1. The maximum Gasteiger partial charge on any atom is 0.305 e. The fourth-order valence-electron chi connectivity index (χ4n) is 3.46. The van der Waals surface area contributed by atoms with Crippen molar-refractivity contribution in [2.45, 2.75) is 44.1 Å². The van der Waals surface area contributed by atoms with E-state index in [9.17, 15) is 9.59 Å². The van der Waals surface area contributed by atoms with Gasteiger partial charge in [0.2, 0.25) is 0 Å². The van der Waals surface area contributed by atoms with Crippen LogP contribution in [0.15, 0.2) is 18.2 Å². The summed E-state index contributed by atoms with van der Waals surface area (Å²) < 4.78 is 10.9. The molecule has 2 aliphatic rings. The highest BCUT2D eigenvalue weighted by Crippen LogP contribution is 2.26. The first-order chi connectivity index (χ1) is 11.6. The summed E-state index contributed by atoms with van der Waals surface area (Å²) in [6, 6.07) is 5.97. The zero-order chi connectivity index (χ0) is 17.0. The van der Waals surface area contributed by atoms with E-state index in [1.165, 1.54) is 24.0 Å². The standard InChI is InChI=1S/C18H23NO5/c20-16(19-18(10-17(21)22)7-8-23-12-18)11-24-15-6-5-13-3-1-2-4-14(13)9-15/h5-6,9H,1-4,7-8,10-12H2,(H,19,20)(H,21,22). The van der Waals surface area contributed by atoms with Gasteiger partial charge in [0.15, 0.2) is 6.61 Å². The molecule has 1 heterocycles. The molecule has 130 valence electrons. The van der Waals surface area contributed by atoms with Crippen molar-refractivity contribution in [3.05, 3.63) is 29.3 Å². The summed E-state index contributed by atoms with van der Waals surface area (Å²) in [5.41, 5.74) is 1.84. The lowest BCUT2D eigenvalue weighted by Gasteiger charge is -2.27. The van der Waals surface area contributed by atoms with E-state index in [-0.39, 0.29) is 25.5 Å². The fourth-order valence-corrected chi connectivity index (χ4v) is 3.46. The van der Waals surface area contributed by atoms with E-state index < -0.39 is 11.5 Å². The molecule has 2 N–H and O–H groups in total. The number of aryl methyl sites for hydroxylation is 2. The molecule has 0 spiro atoms. The summed E-state index contributed by atoms with van der Waals surface area (Å²) in [7, 11) is 0. The predicted octanol–water partition coefficient (Wildman–Crippen LogP) is 1.69. The molecule has 0 saturated carbocycles. The van der Waals surface area contributed by atoms with Gasteiger partial charge < -0.3 is 19.9 Å². The molecule has 1 unspecified atom stereocenters. The van der Waals surface area contributed by atoms with Gasteiger partial charge in [0.1, 0.15) is 5.75 Å². The maximum atomic E-state index is 12.2. The molecule has 0 radical (unpaired) electrons. The molecule has 1 aliphatic carbocycles. The zero-order valence-electron chi connectivity index (χ0n) is 13.7. The highest BCUT2D eigenvalue weighted by Gasteiger charge is 2.38. The van der Waals surface area contributed by atoms with Crippen LogP contribution < -0.4 is 10.1 Å². The van der Waals surface area contributed by atoms with Crippen LogP contribution in [0.2, 0.25) is 0 Å². The molecule has 0 bridgehead atoms. The van der Waals surface area contributed by atoms with Crippen molar-refractivity contribution in [1.29, 1.82) is 0 Å². The Morgan fingerprint density at radius 1 is 1.25 bits per heavy atom. The van der Waals surface area contributed by atoms with Crippen LogP contribution in [0.4, 0.5) is 0 Å². The van der Waals surface area contributed by atoms with Crippen LogP contribution in [0, 0.1) is 0 Å². The van der Waals surface area contributed by atoms with Crippen LogP contribution in [0.25, 0.3) is 0 Å². The van der Waals surface area contributed by atoms with E-state index in [0.29, 0.717) is 18.8 Å². The van der Waals surface area contributed by atoms with E-state index in [1.54, 1.807) is 0 Å². The summed E-state index contributed by atoms with van der Waals surface area (Å²) >= 11 is 0. The van der Waals surface area contributed by atoms with Crippen LogP contribution in [-0.4, -0.2) is 42.3 Å². The number of carboxylic acid groups (broad SMARTS) is 1. The number of rotatable bonds is 6. The van der Waals surface area contributed by atoms with Crippen molar-refractivity contribution in [3.63, 3.8) is 0 Å². The monoisotopic (exact) mass is 333 g/mol. The highest BCUT2D eigenvalue weighted by atomic mass is 16.5. The zero-order valence-corrected chi connectivity index (χ0v) is 13.7. The highest BCUT2D eigenvalue weighted by molar-refractivity contribution is 5.79. The van der Waals surface area contributed by atoms with E-state index in [1.807, 2.05) is 12.1 Å². The molecule has 0 aromatic heterocycles. The number of carbonyl (C=O) groups is 2. The topological polar surface area (TPSA) is 84.9 Å². The van der Waals surface area contributed by atoms with Gasteiger partial charge in [-0.25, -0.2) is 0 Å². The van der Waals surface area contributed by atoms with Gasteiger partial charge in [0.25, 0.3) is 5.91 Å². The van der Waals surface area contributed by atoms with Gasteiger partial charge in [0, 0.05) is 6.61 Å². The first kappa shape index (κ1) is 16.8. The number of fused-ring (bicyclic) bond motifs is 1. The average Bonchev–Trinajstić information content (AvgIpc) is 3.00. The second-order valence-electron chi connectivity index (χ2n) is 6.63. The Morgan fingerprint density at radius 3 is 2.75 bits per heavy atom. The number of amides is 1. The van der Waals surface area contributed by atoms with Gasteiger partial charge in [-0.15, -0.1) is 0 Å². The van der Waals surface area contributed by atoms with Crippen molar-refractivity contribution in [2.24, 2.45) is 0 Å². The molecule has 6 heteroatoms. The van der Waals surface area contributed by atoms with Gasteiger partial charge in [-0.2, -0.15) is 0 Å². The normalized spacial score (nSPS) is 22.7. The number of nitrogens with one attached hydrogen (secondary N) is 1. The van der Waals surface area contributed by atoms with Crippen molar-refractivity contribution in [2.75, 3.05) is 19.8 Å². The number of carbonyl (C=O) groups excluding carboxylic acids is 1. The smallest absolute Gasteiger partial charge is 0.305 e. The Hall–Kier alpha value is -2.08. The van der Waals surface area contributed by atoms with E-state index in [2.05, 4.69) is 11.4 Å². The first-order valence-corrected chi connectivity index (χ1v) is 8.41. The fraction of sp³-hybridized carbons (Fsp3) is 0.556. The molecule has 24 heavy (non-hydrogen) atoms. The van der Waals surface area contributed by atoms with Crippen molar-refractivity contribution in [1.82, 2.24) is 5.32 Å². The Labute approximate surface area is 141 Å². The van der Waals surface area contributed by atoms with Crippen molar-refractivity contribution >= 4 is 11.9 Å². The van der Waals surface area contributed by atoms with E-state index in [4.69, 9.17) is 14.6 Å². The molecule has 1 amide bonds. The molecule has 1 atom stereocenters. The van der Waals surface area contributed by atoms with Gasteiger partial charge in [0.05, 0.1) is 18.6 Å². The Kier molecular flexibility index (Phi) is 5.04. The van der Waals surface area contributed by atoms with E-state index >= 15 is 0 Å². The second-order valence-corrected chi connectivity index (χ2v) is 6.63. The summed E-state index contributed by atoms with van der Waals surface area (Å²) in [6.07, 6.45) is 4.94. The van der Waals surface area contributed by atoms with Crippen molar-refractivity contribution < 1.29 is 24.2 Å². The molecule has 1 aromatic carbocycles. The van der Waals surface area contributed by atoms with Crippen LogP contribution in [0.3, 0.4) is 0 Å². The van der Waals surface area contributed by atoms with Gasteiger partial charge >= 0.3 is 5.97 Å². The maximum absolute atomic E-state index is 12.2. The SMILES string of the molecule is O=C(O)CC1(NC(=O)COc2ccc3c(c2)CCCC3)CCOC1. The molecule has 1 fully saturated rings. The predicted molar refractivity (Wildman–Crippen MR) is 87.1 cm³/mol. The molecular formula is C18H23NO5. The van der Waals surface area contributed by atoms with E-state index in [0.717, 1.165) is 12.8 Å². The Morgan fingerprint density at radius 2 is 2.04 bits per heavy atom. The number of benzene rings is 1.